The molecule has 9 heteroatoms. The van der Waals surface area contributed by atoms with Crippen molar-refractivity contribution in [2.75, 3.05) is 19.4 Å². The SMILES string of the molecule is CCS(=O)(=O)N(C)C1c2cc([N+](=O)[O-])ccc2OCCC1O. The van der Waals surface area contributed by atoms with Crippen LogP contribution in [0.3, 0.4) is 0 Å². The van der Waals surface area contributed by atoms with Crippen LogP contribution in [0.2, 0.25) is 0 Å². The number of hydrogen-bond donors (Lipinski definition) is 1. The normalized spacial score (nSPS) is 21.8. The highest BCUT2D eigenvalue weighted by Gasteiger charge is 2.36. The average molecular weight is 330 g/mol. The number of benzene rings is 1. The van der Waals surface area contributed by atoms with Gasteiger partial charge in [0, 0.05) is 31.2 Å². The molecule has 2 rings (SSSR count). The Bertz CT molecular complexity index is 675. The predicted octanol–water partition coefficient (Wildman–Crippen LogP) is 1.06. The molecule has 122 valence electrons. The van der Waals surface area contributed by atoms with E-state index in [0.717, 1.165) is 4.31 Å². The average Bonchev–Trinajstić information content (AvgIpc) is 2.63. The minimum absolute atomic E-state index is 0.127. The summed E-state index contributed by atoms with van der Waals surface area (Å²) in [5.74, 6) is 0.225. The third kappa shape index (κ3) is 3.06. The number of hydrogen-bond acceptors (Lipinski definition) is 6. The Kier molecular flexibility index (Phi) is 4.69. The number of aliphatic hydroxyl groups is 1. The van der Waals surface area contributed by atoms with Crippen LogP contribution in [0.5, 0.6) is 5.75 Å². The maximum Gasteiger partial charge on any atom is 0.270 e. The van der Waals surface area contributed by atoms with Gasteiger partial charge in [-0.15, -0.1) is 0 Å². The van der Waals surface area contributed by atoms with Gasteiger partial charge in [-0.3, -0.25) is 10.1 Å². The first kappa shape index (κ1) is 16.7. The van der Waals surface area contributed by atoms with Crippen LogP contribution in [0.25, 0.3) is 0 Å². The largest absolute Gasteiger partial charge is 0.493 e. The van der Waals surface area contributed by atoms with E-state index >= 15 is 0 Å². The number of ether oxygens (including phenoxy) is 1. The molecule has 1 aromatic carbocycles. The quantitative estimate of drug-likeness (QED) is 0.653. The molecule has 1 aliphatic heterocycles. The standard InChI is InChI=1S/C13H18N2O6S/c1-3-22(19,20)14(2)13-10-8-9(15(17)18)4-5-12(10)21-7-6-11(13)16/h4-5,8,11,13,16H,3,6-7H2,1-2H3. The van der Waals surface area contributed by atoms with Gasteiger partial charge in [0.2, 0.25) is 10.0 Å². The van der Waals surface area contributed by atoms with Crippen LogP contribution < -0.4 is 4.74 Å². The summed E-state index contributed by atoms with van der Waals surface area (Å²) in [6, 6.07) is 3.07. The molecule has 1 aliphatic rings. The molecule has 0 spiro atoms. The minimum atomic E-state index is -3.57. The summed E-state index contributed by atoms with van der Waals surface area (Å²) < 4.78 is 30.8. The fraction of sp³-hybridized carbons (Fsp3) is 0.538. The van der Waals surface area contributed by atoms with Gasteiger partial charge in [-0.05, 0) is 13.0 Å². The molecule has 22 heavy (non-hydrogen) atoms. The maximum absolute atomic E-state index is 12.1. The minimum Gasteiger partial charge on any atom is -0.493 e. The van der Waals surface area contributed by atoms with Gasteiger partial charge < -0.3 is 9.84 Å². The second-order valence-corrected chi connectivity index (χ2v) is 7.36. The van der Waals surface area contributed by atoms with Gasteiger partial charge in [0.05, 0.1) is 29.4 Å². The first-order valence-corrected chi connectivity index (χ1v) is 8.43. The number of likely N-dealkylation sites (N-methyl/N-ethyl adjacent to an activating group) is 1. The van der Waals surface area contributed by atoms with Gasteiger partial charge in [-0.2, -0.15) is 4.31 Å². The number of aliphatic hydroxyl groups excluding tert-OH is 1. The van der Waals surface area contributed by atoms with Gasteiger partial charge in [0.1, 0.15) is 5.75 Å². The highest BCUT2D eigenvalue weighted by molar-refractivity contribution is 7.89. The van der Waals surface area contributed by atoms with E-state index in [4.69, 9.17) is 4.74 Å². The Hall–Kier alpha value is -1.71. The topological polar surface area (TPSA) is 110 Å². The summed E-state index contributed by atoms with van der Waals surface area (Å²) in [7, 11) is -2.21. The molecule has 8 nitrogen and oxygen atoms in total. The van der Waals surface area contributed by atoms with Crippen LogP contribution in [0.15, 0.2) is 18.2 Å². The summed E-state index contributed by atoms with van der Waals surface area (Å²) in [5, 5.41) is 21.3. The van der Waals surface area contributed by atoms with Gasteiger partial charge in [0.25, 0.3) is 5.69 Å². The Labute approximate surface area is 128 Å². The molecule has 0 radical (unpaired) electrons. The molecule has 0 saturated carbocycles. The van der Waals surface area contributed by atoms with Crippen molar-refractivity contribution in [3.63, 3.8) is 0 Å². The Morgan fingerprint density at radius 1 is 1.50 bits per heavy atom. The van der Waals surface area contributed by atoms with E-state index in [9.17, 15) is 23.6 Å². The van der Waals surface area contributed by atoms with Crippen molar-refractivity contribution in [3.8, 4) is 5.75 Å². The highest BCUT2D eigenvalue weighted by atomic mass is 32.2. The van der Waals surface area contributed by atoms with Crippen LogP contribution in [-0.2, 0) is 10.0 Å². The van der Waals surface area contributed by atoms with Crippen molar-refractivity contribution in [1.29, 1.82) is 0 Å². The van der Waals surface area contributed by atoms with E-state index in [1.165, 1.54) is 32.2 Å². The van der Waals surface area contributed by atoms with Crippen molar-refractivity contribution in [1.82, 2.24) is 4.31 Å². The lowest BCUT2D eigenvalue weighted by molar-refractivity contribution is -0.385. The molecule has 0 saturated heterocycles. The molecule has 2 unspecified atom stereocenters. The summed E-state index contributed by atoms with van der Waals surface area (Å²) in [6.07, 6.45) is -0.772. The smallest absolute Gasteiger partial charge is 0.270 e. The fourth-order valence-electron chi connectivity index (χ4n) is 2.48. The second kappa shape index (κ2) is 6.19. The van der Waals surface area contributed by atoms with Gasteiger partial charge in [-0.25, -0.2) is 8.42 Å². The monoisotopic (exact) mass is 330 g/mol. The lowest BCUT2D eigenvalue weighted by Crippen LogP contribution is -2.38. The Morgan fingerprint density at radius 2 is 2.18 bits per heavy atom. The van der Waals surface area contributed by atoms with Gasteiger partial charge >= 0.3 is 0 Å². The van der Waals surface area contributed by atoms with E-state index in [1.54, 1.807) is 0 Å². The molecule has 1 N–H and O–H groups in total. The number of fused-ring (bicyclic) bond motifs is 1. The van der Waals surface area contributed by atoms with Crippen LogP contribution in [-0.4, -0.2) is 48.3 Å². The molecule has 2 atom stereocenters. The molecule has 0 amide bonds. The van der Waals surface area contributed by atoms with E-state index in [1.807, 2.05) is 0 Å². The number of rotatable bonds is 4. The molecular formula is C13H18N2O6S. The number of sulfonamides is 1. The summed E-state index contributed by atoms with van der Waals surface area (Å²) in [5.41, 5.74) is 0.127. The van der Waals surface area contributed by atoms with E-state index in [0.29, 0.717) is 11.3 Å². The van der Waals surface area contributed by atoms with Crippen LogP contribution in [0.4, 0.5) is 5.69 Å². The van der Waals surface area contributed by atoms with Gasteiger partial charge in [-0.1, -0.05) is 0 Å². The molecular weight excluding hydrogens is 312 g/mol. The first-order valence-electron chi connectivity index (χ1n) is 6.83. The van der Waals surface area contributed by atoms with Crippen molar-refractivity contribution < 1.29 is 23.2 Å². The molecule has 0 bridgehead atoms. The molecule has 0 fully saturated rings. The lowest BCUT2D eigenvalue weighted by atomic mass is 9.99. The zero-order valence-electron chi connectivity index (χ0n) is 12.3. The third-order valence-electron chi connectivity index (χ3n) is 3.75. The number of nitro benzene ring substituents is 1. The van der Waals surface area contributed by atoms with E-state index in [-0.39, 0.29) is 24.5 Å². The number of non-ortho nitro benzene ring substituents is 1. The molecule has 1 heterocycles. The van der Waals surface area contributed by atoms with Crippen molar-refractivity contribution in [2.24, 2.45) is 0 Å². The van der Waals surface area contributed by atoms with E-state index < -0.39 is 27.1 Å². The lowest BCUT2D eigenvalue weighted by Gasteiger charge is -2.30. The number of nitrogens with zero attached hydrogens (tertiary/aromatic N) is 2. The Morgan fingerprint density at radius 3 is 2.77 bits per heavy atom. The van der Waals surface area contributed by atoms with Crippen molar-refractivity contribution >= 4 is 15.7 Å². The summed E-state index contributed by atoms with van der Waals surface area (Å²) >= 11 is 0. The zero-order valence-corrected chi connectivity index (χ0v) is 13.1. The fourth-order valence-corrected chi connectivity index (χ4v) is 3.49. The Balaban J connectivity index is 2.57. The van der Waals surface area contributed by atoms with Crippen LogP contribution in [0, 0.1) is 10.1 Å². The molecule has 0 aromatic heterocycles. The van der Waals surface area contributed by atoms with Crippen molar-refractivity contribution in [3.05, 3.63) is 33.9 Å². The van der Waals surface area contributed by atoms with Crippen LogP contribution >= 0.6 is 0 Å². The highest BCUT2D eigenvalue weighted by Crippen LogP contribution is 2.38. The molecule has 1 aromatic rings. The zero-order chi connectivity index (χ0) is 16.5. The van der Waals surface area contributed by atoms with Crippen LogP contribution in [0.1, 0.15) is 24.9 Å². The van der Waals surface area contributed by atoms with Crippen molar-refractivity contribution in [2.45, 2.75) is 25.5 Å². The van der Waals surface area contributed by atoms with E-state index in [2.05, 4.69) is 0 Å². The maximum atomic E-state index is 12.1. The summed E-state index contributed by atoms with van der Waals surface area (Å²) in [6.45, 7) is 1.71. The first-order chi connectivity index (χ1) is 10.3. The predicted molar refractivity (Wildman–Crippen MR) is 79.2 cm³/mol. The second-order valence-electron chi connectivity index (χ2n) is 5.05. The number of nitro groups is 1. The van der Waals surface area contributed by atoms with Gasteiger partial charge in [0.15, 0.2) is 0 Å². The summed E-state index contributed by atoms with van der Waals surface area (Å²) in [4.78, 5) is 10.4. The third-order valence-corrected chi connectivity index (χ3v) is 5.59. The molecule has 0 aliphatic carbocycles.